The predicted octanol–water partition coefficient (Wildman–Crippen LogP) is 3.89. The van der Waals surface area contributed by atoms with Gasteiger partial charge in [-0.15, -0.1) is 0 Å². The lowest BCUT2D eigenvalue weighted by molar-refractivity contribution is -0.384. The van der Waals surface area contributed by atoms with Crippen molar-refractivity contribution < 1.29 is 19.2 Å². The molecule has 2 rings (SSSR count). The molecule has 142 valence electrons. The summed E-state index contributed by atoms with van der Waals surface area (Å²) in [5.41, 5.74) is 0.494. The van der Waals surface area contributed by atoms with E-state index in [4.69, 9.17) is 21.7 Å². The lowest BCUT2D eigenvalue weighted by Gasteiger charge is -2.13. The Morgan fingerprint density at radius 1 is 1.26 bits per heavy atom. The number of nitro groups is 1. The van der Waals surface area contributed by atoms with Crippen molar-refractivity contribution in [2.45, 2.75) is 6.92 Å². The van der Waals surface area contributed by atoms with Crippen molar-refractivity contribution in [3.63, 3.8) is 0 Å². The fraction of sp³-hybridized carbons (Fsp3) is 0.176. The molecule has 2 N–H and O–H groups in total. The van der Waals surface area contributed by atoms with Crippen LogP contribution in [0.2, 0.25) is 0 Å². The van der Waals surface area contributed by atoms with E-state index < -0.39 is 10.8 Å². The Bertz CT molecular complexity index is 891. The zero-order chi connectivity index (χ0) is 20.0. The summed E-state index contributed by atoms with van der Waals surface area (Å²) in [7, 11) is 1.42. The standard InChI is InChI=1S/C17H16BrN3O5S/c1-3-26-14-6-4-10(8-12(14)18)16(22)20-17(27)19-13-9-11(21(23)24)5-7-15(13)25-2/h4-9H,3H2,1-2H3,(H2,19,20,22,27). The van der Waals surface area contributed by atoms with Gasteiger partial charge in [0.25, 0.3) is 11.6 Å². The molecule has 0 unspecified atom stereocenters. The van der Waals surface area contributed by atoms with Gasteiger partial charge in [0.05, 0.1) is 28.8 Å². The van der Waals surface area contributed by atoms with Crippen LogP contribution in [0, 0.1) is 10.1 Å². The van der Waals surface area contributed by atoms with Crippen molar-refractivity contribution in [2.75, 3.05) is 19.0 Å². The fourth-order valence-corrected chi connectivity index (χ4v) is 2.85. The Hall–Kier alpha value is -2.72. The highest BCUT2D eigenvalue weighted by molar-refractivity contribution is 9.10. The van der Waals surface area contributed by atoms with Crippen molar-refractivity contribution in [3.8, 4) is 11.5 Å². The quantitative estimate of drug-likeness (QED) is 0.388. The topological polar surface area (TPSA) is 103 Å². The lowest BCUT2D eigenvalue weighted by Crippen LogP contribution is -2.34. The molecule has 27 heavy (non-hydrogen) atoms. The highest BCUT2D eigenvalue weighted by Gasteiger charge is 2.15. The number of rotatable bonds is 6. The van der Waals surface area contributed by atoms with Crippen LogP contribution in [0.4, 0.5) is 11.4 Å². The molecule has 0 heterocycles. The summed E-state index contributed by atoms with van der Waals surface area (Å²) >= 11 is 8.47. The number of non-ortho nitro benzene ring substituents is 1. The normalized spacial score (nSPS) is 10.0. The van der Waals surface area contributed by atoms with Gasteiger partial charge in [-0.1, -0.05) is 0 Å². The van der Waals surface area contributed by atoms with E-state index in [2.05, 4.69) is 26.6 Å². The first-order valence-corrected chi connectivity index (χ1v) is 8.93. The van der Waals surface area contributed by atoms with Gasteiger partial charge in [0.1, 0.15) is 11.5 Å². The van der Waals surface area contributed by atoms with Crippen LogP contribution in [0.1, 0.15) is 17.3 Å². The van der Waals surface area contributed by atoms with E-state index in [9.17, 15) is 14.9 Å². The minimum atomic E-state index is -0.538. The number of nitrogens with zero attached hydrogens (tertiary/aromatic N) is 1. The molecule has 2 aromatic rings. The van der Waals surface area contributed by atoms with Gasteiger partial charge in [-0.3, -0.25) is 20.2 Å². The number of thiocarbonyl (C=S) groups is 1. The molecular weight excluding hydrogens is 438 g/mol. The molecule has 0 aromatic heterocycles. The Balaban J connectivity index is 2.11. The molecule has 0 aliphatic rings. The summed E-state index contributed by atoms with van der Waals surface area (Å²) < 4.78 is 11.2. The number of amides is 1. The van der Waals surface area contributed by atoms with Gasteiger partial charge in [0, 0.05) is 17.7 Å². The van der Waals surface area contributed by atoms with Crippen LogP contribution in [0.3, 0.4) is 0 Å². The number of hydrogen-bond donors (Lipinski definition) is 2. The number of halogens is 1. The van der Waals surface area contributed by atoms with E-state index >= 15 is 0 Å². The van der Waals surface area contributed by atoms with Gasteiger partial charge in [-0.05, 0) is 59.3 Å². The number of nitrogens with one attached hydrogen (secondary N) is 2. The minimum Gasteiger partial charge on any atom is -0.495 e. The molecule has 0 saturated carbocycles. The summed E-state index contributed by atoms with van der Waals surface area (Å²) in [6, 6.07) is 8.89. The van der Waals surface area contributed by atoms with Gasteiger partial charge >= 0.3 is 0 Å². The van der Waals surface area contributed by atoms with E-state index in [-0.39, 0.29) is 16.5 Å². The summed E-state index contributed by atoms with van der Waals surface area (Å²) in [6.07, 6.45) is 0. The molecule has 8 nitrogen and oxygen atoms in total. The Morgan fingerprint density at radius 2 is 1.96 bits per heavy atom. The third-order valence-corrected chi connectivity index (χ3v) is 4.19. The Kier molecular flexibility index (Phi) is 7.08. The average Bonchev–Trinajstić information content (AvgIpc) is 2.63. The molecule has 0 fully saturated rings. The van der Waals surface area contributed by atoms with Crippen LogP contribution in [0.5, 0.6) is 11.5 Å². The molecule has 0 radical (unpaired) electrons. The number of methoxy groups -OCH3 is 1. The number of nitro benzene ring substituents is 1. The molecule has 2 aromatic carbocycles. The fourth-order valence-electron chi connectivity index (χ4n) is 2.15. The third-order valence-electron chi connectivity index (χ3n) is 3.36. The van der Waals surface area contributed by atoms with E-state index in [1.165, 1.54) is 25.3 Å². The van der Waals surface area contributed by atoms with Gasteiger partial charge in [0.2, 0.25) is 0 Å². The van der Waals surface area contributed by atoms with E-state index in [0.717, 1.165) is 0 Å². The third kappa shape index (κ3) is 5.38. The molecule has 0 bridgehead atoms. The van der Waals surface area contributed by atoms with Crippen LogP contribution in [-0.4, -0.2) is 29.7 Å². The van der Waals surface area contributed by atoms with Gasteiger partial charge in [-0.2, -0.15) is 0 Å². The second kappa shape index (κ2) is 9.28. The minimum absolute atomic E-state index is 0.0243. The van der Waals surface area contributed by atoms with Crippen molar-refractivity contribution in [2.24, 2.45) is 0 Å². The second-order valence-corrected chi connectivity index (χ2v) is 6.39. The molecule has 0 saturated heterocycles. The zero-order valence-electron chi connectivity index (χ0n) is 14.4. The molecule has 1 amide bonds. The van der Waals surface area contributed by atoms with E-state index in [1.807, 2.05) is 6.92 Å². The molecular formula is C17H16BrN3O5S. The lowest BCUT2D eigenvalue weighted by atomic mass is 10.2. The average molecular weight is 454 g/mol. The number of benzene rings is 2. The number of anilines is 1. The van der Waals surface area contributed by atoms with Crippen molar-refractivity contribution in [1.82, 2.24) is 5.32 Å². The van der Waals surface area contributed by atoms with Gasteiger partial charge < -0.3 is 14.8 Å². The summed E-state index contributed by atoms with van der Waals surface area (Å²) in [5.74, 6) is 0.526. The first-order chi connectivity index (χ1) is 12.8. The van der Waals surface area contributed by atoms with E-state index in [0.29, 0.717) is 28.1 Å². The summed E-state index contributed by atoms with van der Waals surface area (Å²) in [4.78, 5) is 22.7. The maximum absolute atomic E-state index is 12.4. The van der Waals surface area contributed by atoms with Crippen LogP contribution >= 0.6 is 28.1 Å². The second-order valence-electron chi connectivity index (χ2n) is 5.13. The maximum Gasteiger partial charge on any atom is 0.271 e. The highest BCUT2D eigenvalue weighted by atomic mass is 79.9. The van der Waals surface area contributed by atoms with Gasteiger partial charge in [0.15, 0.2) is 5.11 Å². The largest absolute Gasteiger partial charge is 0.495 e. The van der Waals surface area contributed by atoms with Crippen LogP contribution in [0.25, 0.3) is 0 Å². The van der Waals surface area contributed by atoms with Crippen LogP contribution < -0.4 is 20.1 Å². The number of carbonyl (C=O) groups excluding carboxylic acids is 1. The highest BCUT2D eigenvalue weighted by Crippen LogP contribution is 2.29. The first kappa shape index (κ1) is 20.6. The van der Waals surface area contributed by atoms with Crippen molar-refractivity contribution >= 4 is 50.5 Å². The molecule has 0 spiro atoms. The Labute approximate surface area is 169 Å². The monoisotopic (exact) mass is 453 g/mol. The zero-order valence-corrected chi connectivity index (χ0v) is 16.8. The number of hydrogen-bond acceptors (Lipinski definition) is 6. The van der Waals surface area contributed by atoms with Crippen molar-refractivity contribution in [3.05, 3.63) is 56.5 Å². The maximum atomic E-state index is 12.4. The van der Waals surface area contributed by atoms with Crippen LogP contribution in [0.15, 0.2) is 40.9 Å². The molecule has 0 aliphatic carbocycles. The summed E-state index contributed by atoms with van der Waals surface area (Å²) in [6.45, 7) is 2.36. The molecule has 10 heteroatoms. The smallest absolute Gasteiger partial charge is 0.271 e. The predicted molar refractivity (Wildman–Crippen MR) is 109 cm³/mol. The molecule has 0 atom stereocenters. The SMILES string of the molecule is CCOc1ccc(C(=O)NC(=S)Nc2cc([N+](=O)[O-])ccc2OC)cc1Br. The first-order valence-electron chi connectivity index (χ1n) is 7.72. The number of ether oxygens (including phenoxy) is 2. The van der Waals surface area contributed by atoms with Crippen molar-refractivity contribution in [1.29, 1.82) is 0 Å². The van der Waals surface area contributed by atoms with Gasteiger partial charge in [-0.25, -0.2) is 0 Å². The Morgan fingerprint density at radius 3 is 2.56 bits per heavy atom. The summed E-state index contributed by atoms with van der Waals surface area (Å²) in [5, 5.41) is 16.2. The van der Waals surface area contributed by atoms with Crippen LogP contribution in [-0.2, 0) is 0 Å². The molecule has 0 aliphatic heterocycles. The van der Waals surface area contributed by atoms with E-state index in [1.54, 1.807) is 18.2 Å². The number of carbonyl (C=O) groups is 1.